The molecule has 3 nitrogen and oxygen atoms in total. The van der Waals surface area contributed by atoms with Crippen molar-refractivity contribution in [1.82, 2.24) is 10.3 Å². The molecule has 0 saturated heterocycles. The number of rotatable bonds is 2. The van der Waals surface area contributed by atoms with E-state index in [4.69, 9.17) is 0 Å². The molecule has 1 N–H and O–H groups in total. The van der Waals surface area contributed by atoms with Gasteiger partial charge in [-0.25, -0.2) is 4.39 Å². The Hall–Kier alpha value is -1.97. The molecule has 0 aliphatic heterocycles. The van der Waals surface area contributed by atoms with Crippen LogP contribution >= 0.6 is 0 Å². The number of halogens is 1. The first-order chi connectivity index (χ1) is 9.72. The minimum absolute atomic E-state index is 0.0874. The van der Waals surface area contributed by atoms with Crippen LogP contribution in [0.2, 0.25) is 0 Å². The summed E-state index contributed by atoms with van der Waals surface area (Å²) in [5.41, 5.74) is 1.11. The third-order valence-corrected chi connectivity index (χ3v) is 3.85. The lowest BCUT2D eigenvalue weighted by Crippen LogP contribution is -2.36. The molecule has 0 spiro atoms. The van der Waals surface area contributed by atoms with E-state index >= 15 is 0 Å². The van der Waals surface area contributed by atoms with Crippen LogP contribution in [0.3, 0.4) is 0 Å². The number of pyridine rings is 1. The van der Waals surface area contributed by atoms with Gasteiger partial charge in [-0.3, -0.25) is 9.78 Å². The van der Waals surface area contributed by atoms with Crippen LogP contribution in [0.5, 0.6) is 0 Å². The molecule has 20 heavy (non-hydrogen) atoms. The maximum absolute atomic E-state index is 13.1. The van der Waals surface area contributed by atoms with Crippen LogP contribution in [0.15, 0.2) is 30.5 Å². The van der Waals surface area contributed by atoms with Crippen molar-refractivity contribution in [2.75, 3.05) is 0 Å². The highest BCUT2D eigenvalue weighted by molar-refractivity contribution is 5.97. The molecule has 104 valence electrons. The van der Waals surface area contributed by atoms with E-state index in [9.17, 15) is 9.18 Å². The number of nitrogens with zero attached hydrogens (tertiary/aromatic N) is 1. The first kappa shape index (κ1) is 13.0. The van der Waals surface area contributed by atoms with E-state index in [1.807, 2.05) is 0 Å². The highest BCUT2D eigenvalue weighted by atomic mass is 19.1. The number of carbonyl (C=O) groups is 1. The van der Waals surface area contributed by atoms with Gasteiger partial charge in [-0.15, -0.1) is 0 Å². The Kier molecular flexibility index (Phi) is 3.63. The Morgan fingerprint density at radius 2 is 2.00 bits per heavy atom. The molecule has 3 rings (SSSR count). The lowest BCUT2D eigenvalue weighted by atomic mass is 9.95. The van der Waals surface area contributed by atoms with Crippen LogP contribution in [0.4, 0.5) is 4.39 Å². The molecule has 1 amide bonds. The lowest BCUT2D eigenvalue weighted by Gasteiger charge is -2.22. The van der Waals surface area contributed by atoms with Crippen LogP contribution in [0.25, 0.3) is 10.9 Å². The zero-order chi connectivity index (χ0) is 13.9. The monoisotopic (exact) mass is 272 g/mol. The first-order valence-corrected chi connectivity index (χ1v) is 7.08. The van der Waals surface area contributed by atoms with Gasteiger partial charge in [-0.1, -0.05) is 19.3 Å². The standard InChI is InChI=1S/C16H17FN2O/c17-13-7-6-11-8-12(10-18-15(11)9-13)16(20)19-14-4-2-1-3-5-14/h6-10,14H,1-5H2,(H,19,20). The van der Waals surface area contributed by atoms with Crippen LogP contribution in [-0.2, 0) is 0 Å². The third kappa shape index (κ3) is 2.79. The molecule has 0 atom stereocenters. The van der Waals surface area contributed by atoms with Crippen molar-refractivity contribution >= 4 is 16.8 Å². The third-order valence-electron chi connectivity index (χ3n) is 3.85. The average Bonchev–Trinajstić information content (AvgIpc) is 2.47. The number of nitrogens with one attached hydrogen (secondary N) is 1. The number of carbonyl (C=O) groups excluding carboxylic acids is 1. The number of amides is 1. The van der Waals surface area contributed by atoms with Crippen molar-refractivity contribution < 1.29 is 9.18 Å². The molecular weight excluding hydrogens is 255 g/mol. The van der Waals surface area contributed by atoms with Crippen LogP contribution in [0, 0.1) is 5.82 Å². The Morgan fingerprint density at radius 1 is 1.20 bits per heavy atom. The van der Waals surface area contributed by atoms with E-state index in [1.54, 1.807) is 12.1 Å². The number of hydrogen-bond donors (Lipinski definition) is 1. The summed E-state index contributed by atoms with van der Waals surface area (Å²) in [7, 11) is 0. The van der Waals surface area contributed by atoms with Gasteiger partial charge < -0.3 is 5.32 Å². The fourth-order valence-corrected chi connectivity index (χ4v) is 2.73. The van der Waals surface area contributed by atoms with Crippen molar-refractivity contribution in [2.24, 2.45) is 0 Å². The van der Waals surface area contributed by atoms with Crippen LogP contribution in [0.1, 0.15) is 42.5 Å². The van der Waals surface area contributed by atoms with E-state index in [-0.39, 0.29) is 17.8 Å². The lowest BCUT2D eigenvalue weighted by molar-refractivity contribution is 0.0927. The van der Waals surface area contributed by atoms with Gasteiger partial charge in [0.1, 0.15) is 5.82 Å². The van der Waals surface area contributed by atoms with Gasteiger partial charge in [0.15, 0.2) is 0 Å². The van der Waals surface area contributed by atoms with Crippen molar-refractivity contribution in [1.29, 1.82) is 0 Å². The molecule has 1 aliphatic rings. The molecule has 1 aromatic heterocycles. The quantitative estimate of drug-likeness (QED) is 0.910. The highest BCUT2D eigenvalue weighted by Crippen LogP contribution is 2.19. The van der Waals surface area contributed by atoms with Gasteiger partial charge in [0.2, 0.25) is 0 Å². The first-order valence-electron chi connectivity index (χ1n) is 7.08. The molecule has 1 heterocycles. The van der Waals surface area contributed by atoms with E-state index in [0.29, 0.717) is 11.1 Å². The van der Waals surface area contributed by atoms with Gasteiger partial charge in [0.05, 0.1) is 11.1 Å². The van der Waals surface area contributed by atoms with E-state index in [2.05, 4.69) is 10.3 Å². The van der Waals surface area contributed by atoms with Crippen molar-refractivity contribution in [2.45, 2.75) is 38.1 Å². The molecule has 0 unspecified atom stereocenters. The fraction of sp³-hybridized carbons (Fsp3) is 0.375. The minimum Gasteiger partial charge on any atom is -0.349 e. The topological polar surface area (TPSA) is 42.0 Å². The van der Waals surface area contributed by atoms with Crippen LogP contribution in [-0.4, -0.2) is 16.9 Å². The number of aromatic nitrogens is 1. The second-order valence-electron chi connectivity index (χ2n) is 5.37. The number of benzene rings is 1. The van der Waals surface area contributed by atoms with Crippen LogP contribution < -0.4 is 5.32 Å². The van der Waals surface area contributed by atoms with Crippen molar-refractivity contribution in [3.05, 3.63) is 41.8 Å². The van der Waals surface area contributed by atoms with E-state index in [1.165, 1.54) is 37.6 Å². The minimum atomic E-state index is -0.315. The zero-order valence-electron chi connectivity index (χ0n) is 11.2. The molecule has 1 aliphatic carbocycles. The van der Waals surface area contributed by atoms with Gasteiger partial charge in [-0.2, -0.15) is 0 Å². The summed E-state index contributed by atoms with van der Waals surface area (Å²) in [5, 5.41) is 3.84. The predicted octanol–water partition coefficient (Wildman–Crippen LogP) is 3.44. The Bertz CT molecular complexity index is 635. The molecule has 0 radical (unpaired) electrons. The smallest absolute Gasteiger partial charge is 0.253 e. The van der Waals surface area contributed by atoms with Gasteiger partial charge in [-0.05, 0) is 31.0 Å². The molecule has 4 heteroatoms. The maximum Gasteiger partial charge on any atom is 0.253 e. The average molecular weight is 272 g/mol. The summed E-state index contributed by atoms with van der Waals surface area (Å²) in [6.07, 6.45) is 7.24. The second-order valence-corrected chi connectivity index (χ2v) is 5.37. The zero-order valence-corrected chi connectivity index (χ0v) is 11.2. The van der Waals surface area contributed by atoms with E-state index in [0.717, 1.165) is 18.2 Å². The Balaban J connectivity index is 1.78. The SMILES string of the molecule is O=C(NC1CCCCC1)c1cnc2cc(F)ccc2c1. The number of fused-ring (bicyclic) bond motifs is 1. The molecule has 2 aromatic rings. The Labute approximate surface area is 117 Å². The molecular formula is C16H17FN2O. The fourth-order valence-electron chi connectivity index (χ4n) is 2.73. The summed E-state index contributed by atoms with van der Waals surface area (Å²) in [6, 6.07) is 6.44. The maximum atomic E-state index is 13.1. The Morgan fingerprint density at radius 3 is 2.80 bits per heavy atom. The summed E-state index contributed by atoms with van der Waals surface area (Å²) in [5.74, 6) is -0.403. The van der Waals surface area contributed by atoms with E-state index < -0.39 is 0 Å². The molecule has 1 fully saturated rings. The van der Waals surface area contributed by atoms with Crippen molar-refractivity contribution in [3.63, 3.8) is 0 Å². The molecule has 1 aromatic carbocycles. The largest absolute Gasteiger partial charge is 0.349 e. The normalized spacial score (nSPS) is 16.2. The molecule has 0 bridgehead atoms. The number of hydrogen-bond acceptors (Lipinski definition) is 2. The molecule has 1 saturated carbocycles. The second kappa shape index (κ2) is 5.57. The summed E-state index contributed by atoms with van der Waals surface area (Å²) >= 11 is 0. The van der Waals surface area contributed by atoms with Gasteiger partial charge >= 0.3 is 0 Å². The van der Waals surface area contributed by atoms with Gasteiger partial charge in [0.25, 0.3) is 5.91 Å². The summed E-state index contributed by atoms with van der Waals surface area (Å²) in [6.45, 7) is 0. The highest BCUT2D eigenvalue weighted by Gasteiger charge is 2.17. The van der Waals surface area contributed by atoms with Crippen molar-refractivity contribution in [3.8, 4) is 0 Å². The predicted molar refractivity (Wildman–Crippen MR) is 76.0 cm³/mol. The van der Waals surface area contributed by atoms with Gasteiger partial charge in [0, 0.05) is 23.7 Å². The summed E-state index contributed by atoms with van der Waals surface area (Å²) < 4.78 is 13.1. The summed E-state index contributed by atoms with van der Waals surface area (Å²) in [4.78, 5) is 16.4.